The monoisotopic (exact) mass is 251 g/mol. The number of halogens is 1. The standard InChI is InChI=1S/C17H14FN/c1-11-12(7-4-8-17(11)19)14-9-10-16(18)15-6-3-2-5-13(14)15/h2-10H,19H2,1H3. The Hall–Kier alpha value is -2.35. The molecular weight excluding hydrogens is 237 g/mol. The normalized spacial score (nSPS) is 10.8. The highest BCUT2D eigenvalue weighted by atomic mass is 19.1. The molecule has 3 aromatic carbocycles. The maximum Gasteiger partial charge on any atom is 0.131 e. The van der Waals surface area contributed by atoms with Gasteiger partial charge >= 0.3 is 0 Å². The van der Waals surface area contributed by atoms with Crippen LogP contribution in [0.2, 0.25) is 0 Å². The summed E-state index contributed by atoms with van der Waals surface area (Å²) in [6, 6.07) is 16.7. The second kappa shape index (κ2) is 4.39. The van der Waals surface area contributed by atoms with Gasteiger partial charge in [-0.25, -0.2) is 4.39 Å². The third kappa shape index (κ3) is 1.85. The fourth-order valence-electron chi connectivity index (χ4n) is 2.44. The Morgan fingerprint density at radius 1 is 0.789 bits per heavy atom. The van der Waals surface area contributed by atoms with E-state index in [0.29, 0.717) is 5.39 Å². The molecule has 0 spiro atoms. The molecule has 0 amide bonds. The summed E-state index contributed by atoms with van der Waals surface area (Å²) in [5.74, 6) is -0.194. The summed E-state index contributed by atoms with van der Waals surface area (Å²) in [6.45, 7) is 1.99. The Bertz CT molecular complexity index is 762. The number of nitrogens with two attached hydrogens (primary N) is 1. The molecule has 0 aliphatic rings. The molecule has 3 rings (SSSR count). The lowest BCUT2D eigenvalue weighted by molar-refractivity contribution is 0.640. The molecule has 0 unspecified atom stereocenters. The quantitative estimate of drug-likeness (QED) is 0.631. The highest BCUT2D eigenvalue weighted by Crippen LogP contribution is 2.33. The van der Waals surface area contributed by atoms with E-state index in [1.165, 1.54) is 6.07 Å². The van der Waals surface area contributed by atoms with E-state index in [-0.39, 0.29) is 5.82 Å². The molecule has 3 aromatic rings. The van der Waals surface area contributed by atoms with Crippen LogP contribution in [0.25, 0.3) is 21.9 Å². The molecule has 0 heterocycles. The van der Waals surface area contributed by atoms with Crippen LogP contribution in [0, 0.1) is 12.7 Å². The third-order valence-corrected chi connectivity index (χ3v) is 3.54. The Morgan fingerprint density at radius 2 is 1.53 bits per heavy atom. The maximum atomic E-state index is 13.8. The van der Waals surface area contributed by atoms with Crippen LogP contribution >= 0.6 is 0 Å². The first-order valence-corrected chi connectivity index (χ1v) is 6.21. The molecule has 0 aromatic heterocycles. The molecule has 0 saturated heterocycles. The molecule has 0 fully saturated rings. The van der Waals surface area contributed by atoms with E-state index in [2.05, 4.69) is 0 Å². The topological polar surface area (TPSA) is 26.0 Å². The van der Waals surface area contributed by atoms with Crippen LogP contribution in [0.3, 0.4) is 0 Å². The number of fused-ring (bicyclic) bond motifs is 1. The van der Waals surface area contributed by atoms with Crippen molar-refractivity contribution in [3.63, 3.8) is 0 Å². The van der Waals surface area contributed by atoms with Crippen LogP contribution in [-0.2, 0) is 0 Å². The molecule has 0 aliphatic heterocycles. The summed E-state index contributed by atoms with van der Waals surface area (Å²) in [5, 5.41) is 1.55. The molecule has 2 heteroatoms. The lowest BCUT2D eigenvalue weighted by Crippen LogP contribution is -1.93. The zero-order valence-electron chi connectivity index (χ0n) is 10.7. The predicted octanol–water partition coefficient (Wildman–Crippen LogP) is 4.54. The zero-order valence-corrected chi connectivity index (χ0v) is 10.7. The van der Waals surface area contributed by atoms with Crippen LogP contribution in [0.15, 0.2) is 54.6 Å². The second-order valence-electron chi connectivity index (χ2n) is 4.66. The largest absolute Gasteiger partial charge is 0.398 e. The highest BCUT2D eigenvalue weighted by molar-refractivity contribution is 5.98. The fourth-order valence-corrected chi connectivity index (χ4v) is 2.44. The minimum absolute atomic E-state index is 0.194. The minimum Gasteiger partial charge on any atom is -0.398 e. The van der Waals surface area contributed by atoms with E-state index in [0.717, 1.165) is 27.8 Å². The summed E-state index contributed by atoms with van der Waals surface area (Å²) in [4.78, 5) is 0. The van der Waals surface area contributed by atoms with Crippen LogP contribution < -0.4 is 5.73 Å². The van der Waals surface area contributed by atoms with Gasteiger partial charge in [0.05, 0.1) is 0 Å². The molecule has 0 bridgehead atoms. The van der Waals surface area contributed by atoms with E-state index >= 15 is 0 Å². The number of hydrogen-bond acceptors (Lipinski definition) is 1. The molecule has 0 radical (unpaired) electrons. The van der Waals surface area contributed by atoms with Crippen molar-refractivity contribution in [1.82, 2.24) is 0 Å². The third-order valence-electron chi connectivity index (χ3n) is 3.54. The van der Waals surface area contributed by atoms with Crippen LogP contribution in [0.1, 0.15) is 5.56 Å². The lowest BCUT2D eigenvalue weighted by Gasteiger charge is -2.12. The van der Waals surface area contributed by atoms with Crippen molar-refractivity contribution in [2.75, 3.05) is 5.73 Å². The predicted molar refractivity (Wildman–Crippen MR) is 78.5 cm³/mol. The number of benzene rings is 3. The highest BCUT2D eigenvalue weighted by Gasteiger charge is 2.10. The van der Waals surface area contributed by atoms with Gasteiger partial charge in [0.15, 0.2) is 0 Å². The Morgan fingerprint density at radius 3 is 2.32 bits per heavy atom. The smallest absolute Gasteiger partial charge is 0.131 e. The van der Waals surface area contributed by atoms with Gasteiger partial charge in [0, 0.05) is 11.1 Å². The summed E-state index contributed by atoms with van der Waals surface area (Å²) >= 11 is 0. The van der Waals surface area contributed by atoms with Gasteiger partial charge in [0.2, 0.25) is 0 Å². The number of hydrogen-bond donors (Lipinski definition) is 1. The van der Waals surface area contributed by atoms with E-state index < -0.39 is 0 Å². The number of nitrogen functional groups attached to an aromatic ring is 1. The van der Waals surface area contributed by atoms with E-state index in [1.54, 1.807) is 6.07 Å². The van der Waals surface area contributed by atoms with E-state index in [1.807, 2.05) is 49.4 Å². The SMILES string of the molecule is Cc1c(N)cccc1-c1ccc(F)c2ccccc12. The fraction of sp³-hybridized carbons (Fsp3) is 0.0588. The van der Waals surface area contributed by atoms with Gasteiger partial charge in [-0.1, -0.05) is 42.5 Å². The van der Waals surface area contributed by atoms with Gasteiger partial charge in [-0.15, -0.1) is 0 Å². The second-order valence-corrected chi connectivity index (χ2v) is 4.66. The first-order chi connectivity index (χ1) is 9.18. The van der Waals surface area contributed by atoms with Gasteiger partial charge in [-0.2, -0.15) is 0 Å². The number of anilines is 1. The molecular formula is C17H14FN. The van der Waals surface area contributed by atoms with Gasteiger partial charge in [-0.05, 0) is 41.1 Å². The molecule has 0 atom stereocenters. The zero-order chi connectivity index (χ0) is 13.4. The van der Waals surface area contributed by atoms with Crippen LogP contribution in [0.5, 0.6) is 0 Å². The summed E-state index contributed by atoms with van der Waals surface area (Å²) < 4.78 is 13.8. The first kappa shape index (κ1) is 11.7. The van der Waals surface area contributed by atoms with Gasteiger partial charge in [0.1, 0.15) is 5.82 Å². The minimum atomic E-state index is -0.194. The Kier molecular flexibility index (Phi) is 2.71. The van der Waals surface area contributed by atoms with Gasteiger partial charge < -0.3 is 5.73 Å². The molecule has 2 N–H and O–H groups in total. The van der Waals surface area contributed by atoms with E-state index in [9.17, 15) is 4.39 Å². The molecule has 0 aliphatic carbocycles. The number of rotatable bonds is 1. The summed E-state index contributed by atoms with van der Waals surface area (Å²) in [6.07, 6.45) is 0. The summed E-state index contributed by atoms with van der Waals surface area (Å²) in [5.41, 5.74) is 9.81. The lowest BCUT2D eigenvalue weighted by atomic mass is 9.94. The van der Waals surface area contributed by atoms with Crippen molar-refractivity contribution in [1.29, 1.82) is 0 Å². The van der Waals surface area contributed by atoms with E-state index in [4.69, 9.17) is 5.73 Å². The Balaban J connectivity index is 2.38. The van der Waals surface area contributed by atoms with Crippen molar-refractivity contribution in [2.24, 2.45) is 0 Å². The van der Waals surface area contributed by atoms with Crippen molar-refractivity contribution in [3.05, 3.63) is 66.0 Å². The van der Waals surface area contributed by atoms with Gasteiger partial charge in [0.25, 0.3) is 0 Å². The van der Waals surface area contributed by atoms with Crippen molar-refractivity contribution < 1.29 is 4.39 Å². The molecule has 19 heavy (non-hydrogen) atoms. The Labute approximate surface area is 111 Å². The van der Waals surface area contributed by atoms with Gasteiger partial charge in [-0.3, -0.25) is 0 Å². The summed E-state index contributed by atoms with van der Waals surface area (Å²) in [7, 11) is 0. The first-order valence-electron chi connectivity index (χ1n) is 6.21. The average molecular weight is 251 g/mol. The van der Waals surface area contributed by atoms with Crippen molar-refractivity contribution in [2.45, 2.75) is 6.92 Å². The maximum absolute atomic E-state index is 13.8. The molecule has 0 saturated carbocycles. The van der Waals surface area contributed by atoms with Crippen molar-refractivity contribution >= 4 is 16.5 Å². The molecule has 1 nitrogen and oxygen atoms in total. The van der Waals surface area contributed by atoms with Crippen molar-refractivity contribution in [3.8, 4) is 11.1 Å². The van der Waals surface area contributed by atoms with Crippen LogP contribution in [-0.4, -0.2) is 0 Å². The van der Waals surface area contributed by atoms with Crippen LogP contribution in [0.4, 0.5) is 10.1 Å². The molecule has 94 valence electrons. The average Bonchev–Trinajstić information content (AvgIpc) is 2.43.